The Morgan fingerprint density at radius 1 is 0.679 bits per heavy atom. The van der Waals surface area contributed by atoms with Gasteiger partial charge in [0.2, 0.25) is 59.1 Å². The van der Waals surface area contributed by atoms with Crippen LogP contribution in [0.2, 0.25) is 0 Å². The molecule has 3 heterocycles. The highest BCUT2D eigenvalue weighted by molar-refractivity contribution is 8.03. The molecule has 0 saturated carbocycles. The number of carbonyl (C=O) groups is 12. The second-order valence-electron chi connectivity index (χ2n) is 29.1. The van der Waals surface area contributed by atoms with Crippen molar-refractivity contribution >= 4 is 94.5 Å². The molecule has 11 amide bonds. The number of aromatic carboxylic acids is 1. The van der Waals surface area contributed by atoms with Gasteiger partial charge in [-0.15, -0.1) is 23.5 Å². The Balaban J connectivity index is 0.959. The number of thioether (sulfide) groups is 2. The van der Waals surface area contributed by atoms with Gasteiger partial charge in [-0.1, -0.05) is 159 Å². The lowest BCUT2D eigenvalue weighted by atomic mass is 9.89. The van der Waals surface area contributed by atoms with Gasteiger partial charge in [0.1, 0.15) is 31.5 Å². The molecule has 1 aromatic heterocycles. The minimum atomic E-state index is -1.49. The number of aliphatic hydroxyl groups is 1. The summed E-state index contributed by atoms with van der Waals surface area (Å²) in [5, 5.41) is 41.5. The largest absolute Gasteiger partial charge is 0.476 e. The van der Waals surface area contributed by atoms with Crippen LogP contribution in [0.3, 0.4) is 0 Å². The number of ether oxygens (including phenoxy) is 3. The number of aromatic nitrogens is 2. The first-order valence-electron chi connectivity index (χ1n) is 37.9. The van der Waals surface area contributed by atoms with Gasteiger partial charge in [-0.25, -0.2) is 14.8 Å². The lowest BCUT2D eigenvalue weighted by Crippen LogP contribution is -2.60. The molecule has 3 aromatic rings. The first-order chi connectivity index (χ1) is 53.3. The maximum absolute atomic E-state index is 14.8. The van der Waals surface area contributed by atoms with Gasteiger partial charge in [0.15, 0.2) is 11.4 Å². The Bertz CT molecular complexity index is 3900. The third-order valence-corrected chi connectivity index (χ3v) is 22.8. The molecular weight excluding hydrogens is 1480 g/mol. The normalized spacial score (nSPS) is 18.7. The summed E-state index contributed by atoms with van der Waals surface area (Å²) in [5.74, 6) is -9.97. The number of aliphatic hydroxyl groups excluding tert-OH is 1. The van der Waals surface area contributed by atoms with Gasteiger partial charge in [-0.05, 0) is 73.6 Å². The first kappa shape index (κ1) is 91.5. The second-order valence-corrected chi connectivity index (χ2v) is 31.6. The highest BCUT2D eigenvalue weighted by Crippen LogP contribution is 2.47. The van der Waals surface area contributed by atoms with E-state index in [-0.39, 0.29) is 41.1 Å². The predicted molar refractivity (Wildman–Crippen MR) is 425 cm³/mol. The van der Waals surface area contributed by atoms with Crippen LogP contribution in [0.5, 0.6) is 0 Å². The Morgan fingerprint density at radius 3 is 1.90 bits per heavy atom. The highest BCUT2D eigenvalue weighted by atomic mass is 32.2. The van der Waals surface area contributed by atoms with E-state index >= 15 is 0 Å². The topological polar surface area (TPSA) is 405 Å². The quantitative estimate of drug-likeness (QED) is 0.0269. The summed E-state index contributed by atoms with van der Waals surface area (Å²) in [5.41, 5.74) is 2.16. The zero-order chi connectivity index (χ0) is 82.5. The van der Waals surface area contributed by atoms with Crippen molar-refractivity contribution in [3.05, 3.63) is 142 Å². The fourth-order valence-corrected chi connectivity index (χ4v) is 16.4. The van der Waals surface area contributed by atoms with E-state index < -0.39 is 182 Å². The van der Waals surface area contributed by atoms with Crippen LogP contribution < -0.4 is 42.5 Å². The zero-order valence-electron chi connectivity index (χ0n) is 66.6. The number of carboxylic acid groups (broad SMARTS) is 1. The molecule has 612 valence electrons. The van der Waals surface area contributed by atoms with Crippen LogP contribution in [0, 0.1) is 23.7 Å². The van der Waals surface area contributed by atoms with Crippen molar-refractivity contribution in [3.8, 4) is 0 Å². The van der Waals surface area contributed by atoms with Crippen LogP contribution in [0.4, 0.5) is 0 Å². The number of carbonyl (C=O) groups excluding carboxylic acids is 11. The van der Waals surface area contributed by atoms with Gasteiger partial charge in [0.25, 0.3) is 5.91 Å². The summed E-state index contributed by atoms with van der Waals surface area (Å²) in [4.78, 5) is 177. The molecule has 2 aliphatic heterocycles. The number of carboxylic acids is 1. The summed E-state index contributed by atoms with van der Waals surface area (Å²) in [6, 6.07) is 12.5. The summed E-state index contributed by atoms with van der Waals surface area (Å²) < 4.78 is 17.2. The summed E-state index contributed by atoms with van der Waals surface area (Å²) >= 11 is 3.11. The molecule has 0 radical (unpaired) electrons. The summed E-state index contributed by atoms with van der Waals surface area (Å²) in [7, 11) is 6.02. The molecule has 10 N–H and O–H groups in total. The number of likely N-dealkylation sites (N-methyl/N-ethyl adjacent to an activating group) is 2. The Kier molecular flexibility index (Phi) is 36.6. The van der Waals surface area contributed by atoms with Gasteiger partial charge in [-0.2, -0.15) is 0 Å². The van der Waals surface area contributed by atoms with E-state index in [1.54, 1.807) is 108 Å². The molecule has 32 heteroatoms. The van der Waals surface area contributed by atoms with E-state index in [0.29, 0.717) is 54.1 Å². The van der Waals surface area contributed by atoms with E-state index in [2.05, 4.69) is 72.4 Å². The molecule has 112 heavy (non-hydrogen) atoms. The number of allylic oxidation sites excluding steroid dienone is 7. The number of methoxy groups -OCH3 is 2. The van der Waals surface area contributed by atoms with E-state index in [4.69, 9.17) is 14.2 Å². The maximum atomic E-state index is 14.8. The molecule has 6 rings (SSSR count). The number of rotatable bonds is 40. The van der Waals surface area contributed by atoms with Gasteiger partial charge in [-0.3, -0.25) is 52.7 Å². The monoisotopic (exact) mass is 1590 g/mol. The van der Waals surface area contributed by atoms with Crippen LogP contribution in [0.25, 0.3) is 0 Å². The number of hydrogen-bond acceptors (Lipinski definition) is 20. The van der Waals surface area contributed by atoms with E-state index in [9.17, 15) is 67.7 Å². The third kappa shape index (κ3) is 26.1. The molecular formula is C80H113N13O17S2. The molecule has 12 atom stereocenters. The lowest BCUT2D eigenvalue weighted by Gasteiger charge is -2.41. The molecule has 1 fully saturated rings. The fraction of sp³-hybridized carbons (Fsp3) is 0.550. The predicted octanol–water partition coefficient (Wildman–Crippen LogP) is 4.83. The zero-order valence-corrected chi connectivity index (χ0v) is 68.3. The number of benzene rings is 2. The average Bonchev–Trinajstić information content (AvgIpc) is 1.63. The molecule has 1 unspecified atom stereocenters. The minimum absolute atomic E-state index is 0.0341. The second kappa shape index (κ2) is 44.8. The van der Waals surface area contributed by atoms with Crippen LogP contribution in [0.15, 0.2) is 108 Å². The lowest BCUT2D eigenvalue weighted by molar-refractivity contribution is -0.149. The Labute approximate surface area is 664 Å². The van der Waals surface area contributed by atoms with Gasteiger partial charge in [0, 0.05) is 62.4 Å². The number of fused-ring (bicyclic) bond motifs is 2. The van der Waals surface area contributed by atoms with E-state index in [1.165, 1.54) is 42.8 Å². The van der Waals surface area contributed by atoms with Gasteiger partial charge >= 0.3 is 5.97 Å². The number of amides is 11. The number of nitrogens with one attached hydrogen (secondary N) is 8. The molecule has 2 aromatic carbocycles. The van der Waals surface area contributed by atoms with Crippen LogP contribution in [-0.2, 0) is 80.1 Å². The Hall–Kier alpha value is -9.34. The SMILES string of the molecule is CCCC1(C)SCc2nc(C(=O)O)c(C(=O)NCC(=O)NCC(=O)NCC(=O)N[C@@H](Cc3ccccc3)C(=O)NCC(=O)NCOCC(=O)N(C)[C@H](C(=O)N[C@H](C(=O)N(C)[C@@H]([C@@H](C)CC)[C@@H](CC(=O)N3CCC[C@H]3[C@H](OC)[C@@H](C)C(=O)N[C@H](C)[C@@H](O)c3ccccc3)OC)C(C)C)C(C)C)nc2CSC2=C/C=C\C=C/C=C21. The van der Waals surface area contributed by atoms with Crippen LogP contribution in [0.1, 0.15) is 157 Å². The number of likely N-dealkylation sites (tertiary alicyclic amines) is 1. The first-order valence-corrected chi connectivity index (χ1v) is 39.9. The maximum Gasteiger partial charge on any atom is 0.356 e. The molecule has 3 aliphatic rings. The van der Waals surface area contributed by atoms with Crippen molar-refractivity contribution in [3.63, 3.8) is 0 Å². The van der Waals surface area contributed by atoms with Crippen molar-refractivity contribution in [1.82, 2.24) is 67.2 Å². The number of nitrogens with zero attached hydrogens (tertiary/aromatic N) is 5. The number of hydrogen-bond donors (Lipinski definition) is 10. The fourth-order valence-electron chi connectivity index (χ4n) is 13.8. The highest BCUT2D eigenvalue weighted by Gasteiger charge is 2.45. The van der Waals surface area contributed by atoms with Crippen molar-refractivity contribution in [1.29, 1.82) is 0 Å². The van der Waals surface area contributed by atoms with Gasteiger partial charge < -0.3 is 81.7 Å². The van der Waals surface area contributed by atoms with E-state index in [0.717, 1.165) is 23.3 Å². The molecule has 1 saturated heterocycles. The minimum Gasteiger partial charge on any atom is -0.476 e. The van der Waals surface area contributed by atoms with Crippen molar-refractivity contribution in [2.45, 2.75) is 185 Å². The average molecular weight is 1590 g/mol. The molecule has 30 nitrogen and oxygen atoms in total. The van der Waals surface area contributed by atoms with Crippen LogP contribution in [-0.4, -0.2) is 233 Å². The third-order valence-electron chi connectivity index (χ3n) is 20.2. The smallest absolute Gasteiger partial charge is 0.356 e. The molecule has 0 spiro atoms. The molecule has 1 aliphatic carbocycles. The van der Waals surface area contributed by atoms with Crippen molar-refractivity contribution in [2.24, 2.45) is 23.7 Å². The van der Waals surface area contributed by atoms with E-state index in [1.807, 2.05) is 62.4 Å². The van der Waals surface area contributed by atoms with Crippen LogP contribution >= 0.6 is 23.5 Å². The van der Waals surface area contributed by atoms with Crippen molar-refractivity contribution in [2.75, 3.05) is 74.4 Å². The van der Waals surface area contributed by atoms with Gasteiger partial charge in [0.05, 0.1) is 86.3 Å². The molecule has 0 bridgehead atoms. The standard InChI is InChI=1S/C80H113N13O17S2/c1-15-35-80(10)54-32-25-17-18-26-34-60(54)111-44-56-57(45-112-80)89-69(79(106)107)68(88-56)76(103)84-40-62(95)81-39-61(94)82-42-64(97)87-55(37-52-28-21-19-22-29-52)75(102)83-41-63(96)85-46-110-43-66(99)91(11)70(48(5)6)77(104)90-67(47(3)4)78(105)92(12)71(49(7)16-2)59(108-13)38-65(98)93-36-27-33-58(93)73(109-14)50(8)74(101)86-51(9)72(100)53-30-23-20-24-31-53/h17-26,28-32,34,47-51,55,58-59,67,70-73,100H,15-16,27,33,35-46H2,1-14H3,(H,81,95)(H,82,94)(H,83,102)(H,84,103)(H,85,96)(H,86,101)(H,87,97)(H,90,104)(H,106,107)/b18-17?,25-17-,26-18-,32-25?,34-26?,54-32?,60-34?,60-54?/t49-,50+,51+,55-,58-,59+,67-,70-,71-,72+,73+,80?/m0/s1. The summed E-state index contributed by atoms with van der Waals surface area (Å²) in [6.07, 6.45) is 12.9. The Morgan fingerprint density at radius 2 is 1.29 bits per heavy atom. The summed E-state index contributed by atoms with van der Waals surface area (Å²) in [6.45, 7) is 15.4. The van der Waals surface area contributed by atoms with Crippen molar-refractivity contribution < 1.29 is 82.0 Å².